The van der Waals surface area contributed by atoms with Gasteiger partial charge in [0.05, 0.1) is 12.0 Å². The van der Waals surface area contributed by atoms with Crippen LogP contribution in [-0.4, -0.2) is 24.8 Å². The quantitative estimate of drug-likeness (QED) is 0.758. The molecule has 1 N–H and O–H groups in total. The van der Waals surface area contributed by atoms with Crippen LogP contribution in [0.25, 0.3) is 0 Å². The van der Waals surface area contributed by atoms with Gasteiger partial charge in [-0.05, 0) is 49.2 Å². The third-order valence-corrected chi connectivity index (χ3v) is 3.94. The molecule has 0 aliphatic heterocycles. The monoisotopic (exact) mass is 319 g/mol. The SMILES string of the molecule is Cc1cc(C)cc(OCC(=O)NCCSCc2ccco2)c1. The van der Waals surface area contributed by atoms with Gasteiger partial charge in [-0.2, -0.15) is 11.8 Å². The van der Waals surface area contributed by atoms with E-state index < -0.39 is 0 Å². The number of amides is 1. The van der Waals surface area contributed by atoms with Crippen LogP contribution in [0.5, 0.6) is 5.75 Å². The summed E-state index contributed by atoms with van der Waals surface area (Å²) in [6, 6.07) is 9.76. The molecule has 1 aromatic heterocycles. The molecule has 0 radical (unpaired) electrons. The van der Waals surface area contributed by atoms with Gasteiger partial charge >= 0.3 is 0 Å². The Morgan fingerprint density at radius 1 is 1.27 bits per heavy atom. The Hall–Kier alpha value is -1.88. The van der Waals surface area contributed by atoms with Crippen molar-refractivity contribution in [1.29, 1.82) is 0 Å². The molecular weight excluding hydrogens is 298 g/mol. The number of ether oxygens (including phenoxy) is 1. The summed E-state index contributed by atoms with van der Waals surface area (Å²) < 4.78 is 10.8. The number of carbonyl (C=O) groups is 1. The normalized spacial score (nSPS) is 10.5. The number of carbonyl (C=O) groups excluding carboxylic acids is 1. The van der Waals surface area contributed by atoms with Crippen molar-refractivity contribution in [2.24, 2.45) is 0 Å². The minimum Gasteiger partial charge on any atom is -0.484 e. The largest absolute Gasteiger partial charge is 0.484 e. The summed E-state index contributed by atoms with van der Waals surface area (Å²) in [7, 11) is 0. The number of benzene rings is 1. The molecule has 22 heavy (non-hydrogen) atoms. The fraction of sp³-hybridized carbons (Fsp3) is 0.353. The highest BCUT2D eigenvalue weighted by atomic mass is 32.2. The fourth-order valence-electron chi connectivity index (χ4n) is 2.05. The molecule has 118 valence electrons. The van der Waals surface area contributed by atoms with Crippen molar-refractivity contribution in [2.45, 2.75) is 19.6 Å². The average Bonchev–Trinajstić information content (AvgIpc) is 2.97. The molecule has 1 heterocycles. The Morgan fingerprint density at radius 3 is 2.73 bits per heavy atom. The molecule has 0 atom stereocenters. The van der Waals surface area contributed by atoms with E-state index in [9.17, 15) is 4.79 Å². The summed E-state index contributed by atoms with van der Waals surface area (Å²) >= 11 is 1.72. The Labute approximate surface area is 135 Å². The van der Waals surface area contributed by atoms with Crippen LogP contribution in [0.1, 0.15) is 16.9 Å². The highest BCUT2D eigenvalue weighted by molar-refractivity contribution is 7.98. The first-order chi connectivity index (χ1) is 10.6. The number of aryl methyl sites for hydroxylation is 2. The molecule has 0 aliphatic carbocycles. The highest BCUT2D eigenvalue weighted by Gasteiger charge is 2.03. The van der Waals surface area contributed by atoms with Gasteiger partial charge in [-0.15, -0.1) is 0 Å². The van der Waals surface area contributed by atoms with Crippen molar-refractivity contribution >= 4 is 17.7 Å². The van der Waals surface area contributed by atoms with Gasteiger partial charge in [-0.3, -0.25) is 4.79 Å². The molecule has 0 aliphatic rings. The maximum absolute atomic E-state index is 11.7. The second-order valence-corrected chi connectivity index (χ2v) is 6.20. The van der Waals surface area contributed by atoms with Crippen molar-refractivity contribution in [2.75, 3.05) is 18.9 Å². The van der Waals surface area contributed by atoms with Crippen molar-refractivity contribution in [3.63, 3.8) is 0 Å². The Kier molecular flexibility index (Phi) is 6.40. The van der Waals surface area contributed by atoms with Crippen LogP contribution >= 0.6 is 11.8 Å². The third kappa shape index (κ3) is 5.85. The Balaban J connectivity index is 1.59. The van der Waals surface area contributed by atoms with Crippen LogP contribution in [0.4, 0.5) is 0 Å². The first kappa shape index (κ1) is 16.5. The van der Waals surface area contributed by atoms with E-state index in [1.165, 1.54) is 0 Å². The lowest BCUT2D eigenvalue weighted by Gasteiger charge is -2.09. The molecular formula is C17H21NO3S. The molecule has 4 nitrogen and oxygen atoms in total. The van der Waals surface area contributed by atoms with E-state index in [2.05, 4.69) is 11.4 Å². The van der Waals surface area contributed by atoms with Gasteiger partial charge in [0, 0.05) is 12.3 Å². The minimum absolute atomic E-state index is 0.0474. The molecule has 2 rings (SSSR count). The fourth-order valence-corrected chi connectivity index (χ4v) is 2.80. The van der Waals surface area contributed by atoms with Gasteiger partial charge in [0.25, 0.3) is 5.91 Å². The van der Waals surface area contributed by atoms with E-state index in [1.54, 1.807) is 18.0 Å². The van der Waals surface area contributed by atoms with E-state index in [0.29, 0.717) is 6.54 Å². The molecule has 0 fully saturated rings. The van der Waals surface area contributed by atoms with Gasteiger partial charge in [0.15, 0.2) is 6.61 Å². The van der Waals surface area contributed by atoms with Crippen molar-refractivity contribution in [3.05, 3.63) is 53.5 Å². The number of nitrogens with one attached hydrogen (secondary N) is 1. The summed E-state index contributed by atoms with van der Waals surface area (Å²) in [6.45, 7) is 4.69. The molecule has 0 saturated carbocycles. The third-order valence-electron chi connectivity index (χ3n) is 2.96. The molecule has 1 aromatic carbocycles. The first-order valence-electron chi connectivity index (χ1n) is 7.21. The second-order valence-electron chi connectivity index (χ2n) is 5.09. The van der Waals surface area contributed by atoms with E-state index in [4.69, 9.17) is 9.15 Å². The lowest BCUT2D eigenvalue weighted by molar-refractivity contribution is -0.122. The number of rotatable bonds is 8. The predicted octanol–water partition coefficient (Wildman–Crippen LogP) is 3.32. The topological polar surface area (TPSA) is 51.5 Å². The maximum Gasteiger partial charge on any atom is 0.257 e. The van der Waals surface area contributed by atoms with E-state index >= 15 is 0 Å². The Morgan fingerprint density at radius 2 is 2.05 bits per heavy atom. The number of hydrogen-bond acceptors (Lipinski definition) is 4. The van der Waals surface area contributed by atoms with Crippen molar-refractivity contribution in [1.82, 2.24) is 5.32 Å². The van der Waals surface area contributed by atoms with Gasteiger partial charge < -0.3 is 14.5 Å². The van der Waals surface area contributed by atoms with Crippen LogP contribution in [-0.2, 0) is 10.5 Å². The van der Waals surface area contributed by atoms with E-state index in [-0.39, 0.29) is 12.5 Å². The standard InChI is InChI=1S/C17H21NO3S/c1-13-8-14(2)10-16(9-13)21-11-17(19)18-5-7-22-12-15-4-3-6-20-15/h3-4,6,8-10H,5,7,11-12H2,1-2H3,(H,18,19). The minimum atomic E-state index is -0.0993. The molecule has 0 unspecified atom stereocenters. The smallest absolute Gasteiger partial charge is 0.257 e. The summed E-state index contributed by atoms with van der Waals surface area (Å²) in [4.78, 5) is 11.7. The van der Waals surface area contributed by atoms with E-state index in [1.807, 2.05) is 38.1 Å². The van der Waals surface area contributed by atoms with Gasteiger partial charge in [0.1, 0.15) is 11.5 Å². The van der Waals surface area contributed by atoms with Crippen LogP contribution in [0.2, 0.25) is 0 Å². The maximum atomic E-state index is 11.7. The van der Waals surface area contributed by atoms with Crippen LogP contribution in [0.15, 0.2) is 41.0 Å². The molecule has 2 aromatic rings. The summed E-state index contributed by atoms with van der Waals surface area (Å²) in [5.41, 5.74) is 2.26. The van der Waals surface area contributed by atoms with E-state index in [0.717, 1.165) is 34.1 Å². The lowest BCUT2D eigenvalue weighted by atomic mass is 10.1. The van der Waals surface area contributed by atoms with Crippen LogP contribution in [0.3, 0.4) is 0 Å². The molecule has 0 bridgehead atoms. The van der Waals surface area contributed by atoms with Gasteiger partial charge in [-0.25, -0.2) is 0 Å². The Bertz CT molecular complexity index is 576. The average molecular weight is 319 g/mol. The van der Waals surface area contributed by atoms with Gasteiger partial charge in [-0.1, -0.05) is 6.07 Å². The first-order valence-corrected chi connectivity index (χ1v) is 8.37. The second kappa shape index (κ2) is 8.54. The molecule has 5 heteroatoms. The number of thioether (sulfide) groups is 1. The zero-order chi connectivity index (χ0) is 15.8. The number of hydrogen-bond donors (Lipinski definition) is 1. The van der Waals surface area contributed by atoms with Gasteiger partial charge in [0.2, 0.25) is 0 Å². The summed E-state index contributed by atoms with van der Waals surface area (Å²) in [5.74, 6) is 3.25. The summed E-state index contributed by atoms with van der Waals surface area (Å²) in [5, 5.41) is 2.85. The zero-order valence-electron chi connectivity index (χ0n) is 12.9. The number of furan rings is 1. The van der Waals surface area contributed by atoms with Crippen molar-refractivity contribution in [3.8, 4) is 5.75 Å². The molecule has 0 saturated heterocycles. The highest BCUT2D eigenvalue weighted by Crippen LogP contribution is 2.16. The van der Waals surface area contributed by atoms with Crippen LogP contribution < -0.4 is 10.1 Å². The molecule has 0 spiro atoms. The predicted molar refractivity (Wildman–Crippen MR) is 89.3 cm³/mol. The van der Waals surface area contributed by atoms with Crippen LogP contribution in [0, 0.1) is 13.8 Å². The van der Waals surface area contributed by atoms with Crippen molar-refractivity contribution < 1.29 is 13.9 Å². The molecule has 1 amide bonds. The zero-order valence-corrected chi connectivity index (χ0v) is 13.7. The lowest BCUT2D eigenvalue weighted by Crippen LogP contribution is -2.30. The summed E-state index contributed by atoms with van der Waals surface area (Å²) in [6.07, 6.45) is 1.67.